The van der Waals surface area contributed by atoms with E-state index in [1.54, 1.807) is 24.3 Å². The van der Waals surface area contributed by atoms with E-state index in [0.29, 0.717) is 27.8 Å². The molecule has 2 aromatic heterocycles. The Morgan fingerprint density at radius 2 is 1.88 bits per heavy atom. The molecule has 0 unspecified atom stereocenters. The van der Waals surface area contributed by atoms with Gasteiger partial charge in [-0.25, -0.2) is 13.5 Å². The van der Waals surface area contributed by atoms with Gasteiger partial charge in [0, 0.05) is 12.1 Å². The zero-order chi connectivity index (χ0) is 18.7. The van der Waals surface area contributed by atoms with Crippen LogP contribution in [0.5, 0.6) is 11.5 Å². The topological polar surface area (TPSA) is 110 Å². The number of nitrogens with zero attached hydrogens (tertiary/aromatic N) is 1. The summed E-state index contributed by atoms with van der Waals surface area (Å²) >= 11 is 1.04. The summed E-state index contributed by atoms with van der Waals surface area (Å²) in [5.41, 5.74) is 0.454. The van der Waals surface area contributed by atoms with Crippen molar-refractivity contribution in [2.45, 2.75) is 4.21 Å². The molecule has 0 saturated heterocycles. The van der Waals surface area contributed by atoms with Crippen LogP contribution in [0.3, 0.4) is 0 Å². The third-order valence-corrected chi connectivity index (χ3v) is 6.40. The summed E-state index contributed by atoms with van der Waals surface area (Å²) in [5.74, 6) is 0.888. The molecule has 0 fully saturated rings. The van der Waals surface area contributed by atoms with Gasteiger partial charge in [-0.1, -0.05) is 0 Å². The highest BCUT2D eigenvalue weighted by Gasteiger charge is 2.20. The van der Waals surface area contributed by atoms with Crippen LogP contribution in [-0.4, -0.2) is 32.8 Å². The van der Waals surface area contributed by atoms with Crippen LogP contribution in [0.2, 0.25) is 0 Å². The van der Waals surface area contributed by atoms with E-state index in [1.165, 1.54) is 32.4 Å². The average molecular weight is 393 g/mol. The number of thiophene rings is 1. The first kappa shape index (κ1) is 18.0. The van der Waals surface area contributed by atoms with E-state index in [0.717, 1.165) is 11.3 Å². The largest absolute Gasteiger partial charge is 0.497 e. The van der Waals surface area contributed by atoms with Crippen LogP contribution in [0.1, 0.15) is 0 Å². The summed E-state index contributed by atoms with van der Waals surface area (Å²) in [5, 5.41) is 6.22. The van der Waals surface area contributed by atoms with E-state index in [2.05, 4.69) is 14.9 Å². The van der Waals surface area contributed by atoms with Crippen molar-refractivity contribution in [1.29, 1.82) is 0 Å². The Balaban J connectivity index is 1.90. The SMILES string of the molecule is COc1ccc(NS(=O)(=O)c2ccc(-c3ccc(=O)[nH]n3)s2)c(OC)c1. The summed E-state index contributed by atoms with van der Waals surface area (Å²) in [4.78, 5) is 11.7. The van der Waals surface area contributed by atoms with E-state index < -0.39 is 10.0 Å². The van der Waals surface area contributed by atoms with Crippen LogP contribution in [0.15, 0.2) is 51.5 Å². The summed E-state index contributed by atoms with van der Waals surface area (Å²) in [6.07, 6.45) is 0. The standard InChI is InChI=1S/C16H15N3O5S2/c1-23-10-3-4-11(13(9-10)24-2)19-26(21,22)16-8-6-14(25-16)12-5-7-15(20)18-17-12/h3-9,19H,1-2H3,(H,18,20). The Labute approximate surface area is 153 Å². The van der Waals surface area contributed by atoms with Crippen LogP contribution in [0, 0.1) is 0 Å². The lowest BCUT2D eigenvalue weighted by Crippen LogP contribution is -2.12. The van der Waals surface area contributed by atoms with Gasteiger partial charge < -0.3 is 9.47 Å². The van der Waals surface area contributed by atoms with Crippen molar-refractivity contribution in [1.82, 2.24) is 10.2 Å². The number of rotatable bonds is 6. The number of ether oxygens (including phenoxy) is 2. The first-order valence-electron chi connectivity index (χ1n) is 7.34. The predicted octanol–water partition coefficient (Wildman–Crippen LogP) is 2.32. The smallest absolute Gasteiger partial charge is 0.271 e. The molecule has 0 aliphatic carbocycles. The molecular formula is C16H15N3O5S2. The minimum atomic E-state index is -3.81. The van der Waals surface area contributed by atoms with Gasteiger partial charge in [0.25, 0.3) is 15.6 Å². The van der Waals surface area contributed by atoms with Crippen molar-refractivity contribution in [2.24, 2.45) is 0 Å². The van der Waals surface area contributed by atoms with Crippen LogP contribution in [0.25, 0.3) is 10.6 Å². The quantitative estimate of drug-likeness (QED) is 0.665. The Morgan fingerprint density at radius 3 is 2.54 bits per heavy atom. The Kier molecular flexibility index (Phi) is 4.96. The Morgan fingerprint density at radius 1 is 1.08 bits per heavy atom. The van der Waals surface area contributed by atoms with Crippen LogP contribution in [0.4, 0.5) is 5.69 Å². The molecule has 136 valence electrons. The molecule has 0 amide bonds. The number of aromatic amines is 1. The van der Waals surface area contributed by atoms with E-state index >= 15 is 0 Å². The van der Waals surface area contributed by atoms with Gasteiger partial charge in [-0.15, -0.1) is 11.3 Å². The number of hydrogen-bond donors (Lipinski definition) is 2. The van der Waals surface area contributed by atoms with Crippen LogP contribution >= 0.6 is 11.3 Å². The Hall–Kier alpha value is -2.85. The first-order chi connectivity index (χ1) is 12.4. The molecule has 3 aromatic rings. The van der Waals surface area contributed by atoms with Crippen LogP contribution < -0.4 is 19.8 Å². The van der Waals surface area contributed by atoms with Crippen molar-refractivity contribution in [3.63, 3.8) is 0 Å². The highest BCUT2D eigenvalue weighted by molar-refractivity contribution is 7.94. The molecule has 0 aliphatic heterocycles. The first-order valence-corrected chi connectivity index (χ1v) is 9.63. The normalized spacial score (nSPS) is 11.2. The van der Waals surface area contributed by atoms with Crippen molar-refractivity contribution >= 4 is 27.0 Å². The number of nitrogens with one attached hydrogen (secondary N) is 2. The van der Waals surface area contributed by atoms with Crippen molar-refractivity contribution < 1.29 is 17.9 Å². The van der Waals surface area contributed by atoms with Gasteiger partial charge >= 0.3 is 0 Å². The number of H-pyrrole nitrogens is 1. The molecule has 0 aliphatic rings. The highest BCUT2D eigenvalue weighted by atomic mass is 32.2. The number of hydrogen-bond acceptors (Lipinski definition) is 7. The molecule has 2 N–H and O–H groups in total. The van der Waals surface area contributed by atoms with Crippen LogP contribution in [-0.2, 0) is 10.0 Å². The summed E-state index contributed by atoms with van der Waals surface area (Å²) in [6.45, 7) is 0. The molecule has 3 rings (SSSR count). The third-order valence-electron chi connectivity index (χ3n) is 3.43. The second kappa shape index (κ2) is 7.18. The molecule has 0 bridgehead atoms. The van der Waals surface area contributed by atoms with Crippen molar-refractivity contribution in [2.75, 3.05) is 18.9 Å². The molecular weight excluding hydrogens is 378 g/mol. The van der Waals surface area contributed by atoms with Gasteiger partial charge in [0.1, 0.15) is 21.4 Å². The predicted molar refractivity (Wildman–Crippen MR) is 98.5 cm³/mol. The van der Waals surface area contributed by atoms with Crippen molar-refractivity contribution in [3.8, 4) is 22.1 Å². The molecule has 0 atom stereocenters. The Bertz CT molecular complexity index is 1070. The zero-order valence-electron chi connectivity index (χ0n) is 13.8. The van der Waals surface area contributed by atoms with Gasteiger partial charge in [0.05, 0.1) is 24.8 Å². The van der Waals surface area contributed by atoms with Gasteiger partial charge in [-0.3, -0.25) is 9.52 Å². The fourth-order valence-electron chi connectivity index (χ4n) is 2.16. The summed E-state index contributed by atoms with van der Waals surface area (Å²) in [7, 11) is -0.860. The zero-order valence-corrected chi connectivity index (χ0v) is 15.5. The fourth-order valence-corrected chi connectivity index (χ4v) is 4.51. The minimum Gasteiger partial charge on any atom is -0.497 e. The van der Waals surface area contributed by atoms with E-state index in [-0.39, 0.29) is 9.77 Å². The number of methoxy groups -OCH3 is 2. The molecule has 1 aromatic carbocycles. The molecule has 26 heavy (non-hydrogen) atoms. The molecule has 2 heterocycles. The van der Waals surface area contributed by atoms with Gasteiger partial charge in [0.2, 0.25) is 0 Å². The summed E-state index contributed by atoms with van der Waals surface area (Å²) < 4.78 is 38.2. The van der Waals surface area contributed by atoms with E-state index in [9.17, 15) is 13.2 Å². The number of aromatic nitrogens is 2. The molecule has 0 saturated carbocycles. The van der Waals surface area contributed by atoms with E-state index in [4.69, 9.17) is 9.47 Å². The fraction of sp³-hybridized carbons (Fsp3) is 0.125. The maximum Gasteiger partial charge on any atom is 0.271 e. The lowest BCUT2D eigenvalue weighted by Gasteiger charge is -2.12. The van der Waals surface area contributed by atoms with Crippen molar-refractivity contribution in [3.05, 3.63) is 52.8 Å². The van der Waals surface area contributed by atoms with Gasteiger partial charge in [-0.05, 0) is 30.3 Å². The lowest BCUT2D eigenvalue weighted by atomic mass is 10.3. The molecule has 0 spiro atoms. The summed E-state index contributed by atoms with van der Waals surface area (Å²) in [6, 6.07) is 10.7. The second-order valence-electron chi connectivity index (χ2n) is 5.10. The molecule has 0 radical (unpaired) electrons. The number of benzene rings is 1. The minimum absolute atomic E-state index is 0.110. The number of anilines is 1. The highest BCUT2D eigenvalue weighted by Crippen LogP contribution is 2.33. The monoisotopic (exact) mass is 393 g/mol. The maximum absolute atomic E-state index is 12.7. The average Bonchev–Trinajstić information content (AvgIpc) is 3.13. The second-order valence-corrected chi connectivity index (χ2v) is 8.09. The van der Waals surface area contributed by atoms with E-state index in [1.807, 2.05) is 0 Å². The van der Waals surface area contributed by atoms with Gasteiger partial charge in [-0.2, -0.15) is 5.10 Å². The molecule has 10 heteroatoms. The third kappa shape index (κ3) is 3.70. The number of sulfonamides is 1. The van der Waals surface area contributed by atoms with Gasteiger partial charge in [0.15, 0.2) is 0 Å². The lowest BCUT2D eigenvalue weighted by molar-refractivity contribution is 0.395. The molecule has 8 nitrogen and oxygen atoms in total. The maximum atomic E-state index is 12.7.